The number of hydrogen-bond donors (Lipinski definition) is 1. The normalized spacial score (nSPS) is 14.8. The Morgan fingerprint density at radius 2 is 2.06 bits per heavy atom. The van der Waals surface area contributed by atoms with Crippen molar-refractivity contribution in [2.75, 3.05) is 0 Å². The third kappa shape index (κ3) is 3.46. The molecule has 1 atom stereocenters. The molecule has 0 bridgehead atoms. The Bertz CT molecular complexity index is 354. The quantitative estimate of drug-likeness (QED) is 0.831. The first-order chi connectivity index (χ1) is 7.50. The standard InChI is InChI=1S/C13H18ClFO/c1-3-7-13(16,4-2)9-10-5-6-11(15)8-12(10)14/h5-6,8,16H,3-4,7,9H2,1-2H3. The highest BCUT2D eigenvalue weighted by atomic mass is 35.5. The van der Waals surface area contributed by atoms with Crippen LogP contribution in [0.1, 0.15) is 38.7 Å². The maximum atomic E-state index is 12.9. The van der Waals surface area contributed by atoms with Crippen molar-refractivity contribution in [3.05, 3.63) is 34.6 Å². The van der Waals surface area contributed by atoms with Gasteiger partial charge in [-0.1, -0.05) is 37.9 Å². The van der Waals surface area contributed by atoms with Gasteiger partial charge in [-0.15, -0.1) is 0 Å². The lowest BCUT2D eigenvalue weighted by Crippen LogP contribution is -2.30. The molecule has 0 saturated heterocycles. The Kier molecular flexibility index (Phi) is 4.75. The summed E-state index contributed by atoms with van der Waals surface area (Å²) in [4.78, 5) is 0. The van der Waals surface area contributed by atoms with Crippen molar-refractivity contribution in [2.45, 2.75) is 45.1 Å². The number of hydrogen-bond acceptors (Lipinski definition) is 1. The van der Waals surface area contributed by atoms with Gasteiger partial charge in [0.2, 0.25) is 0 Å². The van der Waals surface area contributed by atoms with E-state index in [1.165, 1.54) is 12.1 Å². The molecule has 16 heavy (non-hydrogen) atoms. The van der Waals surface area contributed by atoms with Gasteiger partial charge >= 0.3 is 0 Å². The molecule has 0 heterocycles. The number of benzene rings is 1. The van der Waals surface area contributed by atoms with Crippen LogP contribution >= 0.6 is 11.6 Å². The summed E-state index contributed by atoms with van der Waals surface area (Å²) in [7, 11) is 0. The third-order valence-corrected chi connectivity index (χ3v) is 3.26. The zero-order valence-corrected chi connectivity index (χ0v) is 10.5. The maximum Gasteiger partial charge on any atom is 0.124 e. The van der Waals surface area contributed by atoms with E-state index < -0.39 is 5.60 Å². The predicted molar refractivity (Wildman–Crippen MR) is 65.3 cm³/mol. The summed E-state index contributed by atoms with van der Waals surface area (Å²) in [6.07, 6.45) is 2.81. The zero-order valence-electron chi connectivity index (χ0n) is 9.76. The van der Waals surface area contributed by atoms with Gasteiger partial charge in [0.25, 0.3) is 0 Å². The first-order valence-electron chi connectivity index (χ1n) is 5.67. The van der Waals surface area contributed by atoms with Gasteiger partial charge in [0.15, 0.2) is 0 Å². The van der Waals surface area contributed by atoms with Gasteiger partial charge in [-0.3, -0.25) is 0 Å². The Morgan fingerprint density at radius 1 is 1.38 bits per heavy atom. The van der Waals surface area contributed by atoms with Crippen LogP contribution in [0.2, 0.25) is 5.02 Å². The predicted octanol–water partition coefficient (Wildman–Crippen LogP) is 3.96. The van der Waals surface area contributed by atoms with Crippen LogP contribution in [-0.4, -0.2) is 10.7 Å². The first kappa shape index (κ1) is 13.5. The van der Waals surface area contributed by atoms with Crippen molar-refractivity contribution in [3.8, 4) is 0 Å². The fourth-order valence-electron chi connectivity index (χ4n) is 1.88. The summed E-state index contributed by atoms with van der Waals surface area (Å²) in [6, 6.07) is 4.32. The van der Waals surface area contributed by atoms with Crippen LogP contribution in [0.3, 0.4) is 0 Å². The molecule has 0 aliphatic rings. The molecule has 0 saturated carbocycles. The van der Waals surface area contributed by atoms with Crippen LogP contribution in [0, 0.1) is 5.82 Å². The third-order valence-electron chi connectivity index (χ3n) is 2.91. The summed E-state index contributed by atoms with van der Waals surface area (Å²) in [5.74, 6) is -0.343. The molecule has 0 aromatic heterocycles. The Labute approximate surface area is 101 Å². The Hall–Kier alpha value is -0.600. The van der Waals surface area contributed by atoms with Gasteiger partial charge in [-0.25, -0.2) is 4.39 Å². The molecule has 0 spiro atoms. The minimum atomic E-state index is -0.726. The van der Waals surface area contributed by atoms with Gasteiger partial charge < -0.3 is 5.11 Å². The lowest BCUT2D eigenvalue weighted by molar-refractivity contribution is 0.0271. The molecule has 1 unspecified atom stereocenters. The van der Waals surface area contributed by atoms with Gasteiger partial charge in [0, 0.05) is 11.4 Å². The lowest BCUT2D eigenvalue weighted by atomic mass is 9.88. The van der Waals surface area contributed by atoms with E-state index in [0.717, 1.165) is 18.4 Å². The summed E-state index contributed by atoms with van der Waals surface area (Å²) in [6.45, 7) is 3.99. The second-order valence-electron chi connectivity index (χ2n) is 4.24. The Morgan fingerprint density at radius 3 is 2.56 bits per heavy atom. The fraction of sp³-hybridized carbons (Fsp3) is 0.538. The molecule has 90 valence electrons. The van der Waals surface area contributed by atoms with Gasteiger partial charge in [-0.2, -0.15) is 0 Å². The molecule has 0 fully saturated rings. The van der Waals surface area contributed by atoms with E-state index in [4.69, 9.17) is 11.6 Å². The van der Waals surface area contributed by atoms with Crippen LogP contribution in [-0.2, 0) is 6.42 Å². The van der Waals surface area contributed by atoms with Crippen molar-refractivity contribution in [1.82, 2.24) is 0 Å². The van der Waals surface area contributed by atoms with Crippen LogP contribution in [0.15, 0.2) is 18.2 Å². The molecule has 1 N–H and O–H groups in total. The molecular formula is C13H18ClFO. The highest BCUT2D eigenvalue weighted by molar-refractivity contribution is 6.31. The van der Waals surface area contributed by atoms with Crippen LogP contribution in [0.4, 0.5) is 4.39 Å². The molecule has 0 amide bonds. The second-order valence-corrected chi connectivity index (χ2v) is 4.65. The maximum absolute atomic E-state index is 12.9. The van der Waals surface area contributed by atoms with E-state index in [1.54, 1.807) is 6.07 Å². The second kappa shape index (κ2) is 5.65. The summed E-state index contributed by atoms with van der Waals surface area (Å²) < 4.78 is 12.9. The van der Waals surface area contributed by atoms with Crippen molar-refractivity contribution in [3.63, 3.8) is 0 Å². The van der Waals surface area contributed by atoms with Crippen molar-refractivity contribution in [1.29, 1.82) is 0 Å². The molecule has 1 aromatic carbocycles. The minimum absolute atomic E-state index is 0.343. The molecule has 1 nitrogen and oxygen atoms in total. The smallest absolute Gasteiger partial charge is 0.124 e. The molecule has 0 radical (unpaired) electrons. The fourth-order valence-corrected chi connectivity index (χ4v) is 2.11. The highest BCUT2D eigenvalue weighted by Crippen LogP contribution is 2.27. The zero-order chi connectivity index (χ0) is 12.2. The largest absolute Gasteiger partial charge is 0.390 e. The number of halogens is 2. The Balaban J connectivity index is 2.85. The molecule has 0 aliphatic carbocycles. The van der Waals surface area contributed by atoms with E-state index in [1.807, 2.05) is 13.8 Å². The SMILES string of the molecule is CCCC(O)(CC)Cc1ccc(F)cc1Cl. The average Bonchev–Trinajstić information content (AvgIpc) is 2.23. The van der Waals surface area contributed by atoms with Crippen LogP contribution in [0.25, 0.3) is 0 Å². The van der Waals surface area contributed by atoms with E-state index >= 15 is 0 Å². The highest BCUT2D eigenvalue weighted by Gasteiger charge is 2.24. The molecule has 0 aliphatic heterocycles. The van der Waals surface area contributed by atoms with E-state index in [0.29, 0.717) is 17.9 Å². The number of aliphatic hydroxyl groups is 1. The van der Waals surface area contributed by atoms with E-state index in [2.05, 4.69) is 0 Å². The summed E-state index contributed by atoms with van der Waals surface area (Å²) >= 11 is 5.94. The first-order valence-corrected chi connectivity index (χ1v) is 6.05. The average molecular weight is 245 g/mol. The minimum Gasteiger partial charge on any atom is -0.390 e. The van der Waals surface area contributed by atoms with E-state index in [9.17, 15) is 9.50 Å². The number of rotatable bonds is 5. The van der Waals surface area contributed by atoms with Crippen molar-refractivity contribution in [2.24, 2.45) is 0 Å². The van der Waals surface area contributed by atoms with Gasteiger partial charge in [-0.05, 0) is 30.5 Å². The van der Waals surface area contributed by atoms with E-state index in [-0.39, 0.29) is 5.82 Å². The topological polar surface area (TPSA) is 20.2 Å². The summed E-state index contributed by atoms with van der Waals surface area (Å²) in [5.41, 5.74) is 0.0804. The molecule has 3 heteroatoms. The van der Waals surface area contributed by atoms with Gasteiger partial charge in [0.05, 0.1) is 5.60 Å². The molecule has 1 aromatic rings. The van der Waals surface area contributed by atoms with Crippen LogP contribution < -0.4 is 0 Å². The van der Waals surface area contributed by atoms with Crippen molar-refractivity contribution >= 4 is 11.6 Å². The lowest BCUT2D eigenvalue weighted by Gasteiger charge is -2.26. The van der Waals surface area contributed by atoms with Crippen LogP contribution in [0.5, 0.6) is 0 Å². The van der Waals surface area contributed by atoms with Crippen molar-refractivity contribution < 1.29 is 9.50 Å². The summed E-state index contributed by atoms with van der Waals surface area (Å²) in [5, 5.41) is 10.7. The molecular weight excluding hydrogens is 227 g/mol. The van der Waals surface area contributed by atoms with Gasteiger partial charge in [0.1, 0.15) is 5.82 Å². The monoisotopic (exact) mass is 244 g/mol. The molecule has 1 rings (SSSR count).